The Morgan fingerprint density at radius 1 is 1.32 bits per heavy atom. The molecule has 0 N–H and O–H groups in total. The zero-order chi connectivity index (χ0) is 13.8. The van der Waals surface area contributed by atoms with Gasteiger partial charge in [-0.3, -0.25) is 4.79 Å². The summed E-state index contributed by atoms with van der Waals surface area (Å²) in [4.78, 5) is 23.5. The van der Waals surface area contributed by atoms with Gasteiger partial charge in [-0.1, -0.05) is 30.3 Å². The molecule has 4 heteroatoms. The Hall–Kier alpha value is -2.36. The molecule has 0 atom stereocenters. The largest absolute Gasteiger partial charge is 0.489 e. The third-order valence-corrected chi connectivity index (χ3v) is 2.68. The van der Waals surface area contributed by atoms with E-state index >= 15 is 0 Å². The molecule has 0 bridgehead atoms. The quantitative estimate of drug-likeness (QED) is 0.473. The molecule has 0 saturated heterocycles. The van der Waals surface area contributed by atoms with Crippen LogP contribution < -0.4 is 0 Å². The monoisotopic (exact) mass is 258 g/mol. The zero-order valence-corrected chi connectivity index (χ0v) is 10.8. The number of carbonyl (C=O) groups is 2. The summed E-state index contributed by atoms with van der Waals surface area (Å²) < 4.78 is 10.4. The van der Waals surface area contributed by atoms with Gasteiger partial charge < -0.3 is 9.47 Å². The first kappa shape index (κ1) is 13.1. The molecule has 98 valence electrons. The molecule has 0 spiro atoms. The van der Waals surface area contributed by atoms with E-state index in [0.29, 0.717) is 23.5 Å². The molecule has 1 aliphatic rings. The summed E-state index contributed by atoms with van der Waals surface area (Å²) in [5.74, 6) is -0.180. The lowest BCUT2D eigenvalue weighted by molar-refractivity contribution is -0.133. The number of benzene rings is 1. The molecule has 2 rings (SSSR count). The van der Waals surface area contributed by atoms with Crippen molar-refractivity contribution in [3.63, 3.8) is 0 Å². The number of hydrogen-bond acceptors (Lipinski definition) is 4. The van der Waals surface area contributed by atoms with Gasteiger partial charge in [-0.2, -0.15) is 0 Å². The van der Waals surface area contributed by atoms with Gasteiger partial charge in [-0.25, -0.2) is 4.79 Å². The molecule has 0 unspecified atom stereocenters. The fourth-order valence-electron chi connectivity index (χ4n) is 1.72. The maximum Gasteiger partial charge on any atom is 0.343 e. The van der Waals surface area contributed by atoms with Crippen LogP contribution in [0, 0.1) is 0 Å². The maximum atomic E-state index is 12.0. The lowest BCUT2D eigenvalue weighted by Crippen LogP contribution is -2.00. The van der Waals surface area contributed by atoms with Crippen LogP contribution >= 0.6 is 0 Å². The van der Waals surface area contributed by atoms with Crippen LogP contribution in [0.4, 0.5) is 0 Å². The van der Waals surface area contributed by atoms with Gasteiger partial charge in [0, 0.05) is 11.6 Å². The van der Waals surface area contributed by atoms with E-state index < -0.39 is 5.97 Å². The van der Waals surface area contributed by atoms with E-state index in [9.17, 15) is 9.59 Å². The van der Waals surface area contributed by atoms with Gasteiger partial charge in [-0.15, -0.1) is 0 Å². The first-order valence-corrected chi connectivity index (χ1v) is 6.00. The summed E-state index contributed by atoms with van der Waals surface area (Å²) in [5.41, 5.74) is 0.917. The molecule has 1 aliphatic heterocycles. The van der Waals surface area contributed by atoms with Crippen LogP contribution in [0.1, 0.15) is 24.2 Å². The van der Waals surface area contributed by atoms with Crippen molar-refractivity contribution in [3.8, 4) is 0 Å². The normalized spacial score (nSPS) is 16.7. The van der Waals surface area contributed by atoms with E-state index in [1.807, 2.05) is 6.07 Å². The van der Waals surface area contributed by atoms with Crippen LogP contribution in [0.15, 0.2) is 53.5 Å². The van der Waals surface area contributed by atoms with Gasteiger partial charge in [-0.05, 0) is 13.8 Å². The molecular weight excluding hydrogens is 244 g/mol. The number of esters is 1. The Labute approximate surface area is 111 Å². The second kappa shape index (κ2) is 5.52. The van der Waals surface area contributed by atoms with Crippen LogP contribution in [0.25, 0.3) is 0 Å². The standard InChI is InChI=1S/C15H14O4/c1-3-18-14-10(2)15(17)19-13(14)9-12(16)11-7-5-4-6-8-11/h4-9H,3H2,1-2H3/b13-9+. The van der Waals surface area contributed by atoms with Crippen molar-refractivity contribution in [2.75, 3.05) is 6.61 Å². The number of ketones is 1. The van der Waals surface area contributed by atoms with Gasteiger partial charge in [0.15, 0.2) is 17.3 Å². The molecule has 0 saturated carbocycles. The Kier molecular flexibility index (Phi) is 3.80. The summed E-state index contributed by atoms with van der Waals surface area (Å²) in [5, 5.41) is 0. The highest BCUT2D eigenvalue weighted by atomic mass is 16.6. The van der Waals surface area contributed by atoms with Crippen molar-refractivity contribution < 1.29 is 19.1 Å². The molecule has 1 aromatic rings. The van der Waals surface area contributed by atoms with Gasteiger partial charge in [0.25, 0.3) is 0 Å². The van der Waals surface area contributed by atoms with E-state index in [2.05, 4.69) is 0 Å². The number of allylic oxidation sites excluding steroid dienone is 1. The minimum Gasteiger partial charge on any atom is -0.489 e. The first-order chi connectivity index (χ1) is 9.13. The Morgan fingerprint density at radius 3 is 2.63 bits per heavy atom. The summed E-state index contributed by atoms with van der Waals surface area (Å²) in [6.07, 6.45) is 1.29. The number of rotatable bonds is 4. The number of hydrogen-bond donors (Lipinski definition) is 0. The predicted molar refractivity (Wildman–Crippen MR) is 69.3 cm³/mol. The summed E-state index contributed by atoms with van der Waals surface area (Å²) in [7, 11) is 0. The molecule has 0 aliphatic carbocycles. The van der Waals surface area contributed by atoms with Crippen molar-refractivity contribution in [1.29, 1.82) is 0 Å². The van der Waals surface area contributed by atoms with Gasteiger partial charge in [0.05, 0.1) is 12.2 Å². The van der Waals surface area contributed by atoms with E-state index in [1.54, 1.807) is 38.1 Å². The average Bonchev–Trinajstić information content (AvgIpc) is 2.68. The fraction of sp³-hybridized carbons (Fsp3) is 0.200. The van der Waals surface area contributed by atoms with Gasteiger partial charge >= 0.3 is 5.97 Å². The van der Waals surface area contributed by atoms with Gasteiger partial charge in [0.2, 0.25) is 0 Å². The van der Waals surface area contributed by atoms with Crippen molar-refractivity contribution in [3.05, 3.63) is 59.1 Å². The molecule has 19 heavy (non-hydrogen) atoms. The second-order valence-corrected chi connectivity index (χ2v) is 4.02. The topological polar surface area (TPSA) is 52.6 Å². The molecule has 0 fully saturated rings. The van der Waals surface area contributed by atoms with E-state index in [4.69, 9.17) is 9.47 Å². The Balaban J connectivity index is 2.29. The fourth-order valence-corrected chi connectivity index (χ4v) is 1.72. The predicted octanol–water partition coefficient (Wildman–Crippen LogP) is 2.62. The molecule has 0 aromatic heterocycles. The van der Waals surface area contributed by atoms with E-state index in [-0.39, 0.29) is 11.5 Å². The third kappa shape index (κ3) is 2.73. The summed E-state index contributed by atoms with van der Waals surface area (Å²) in [6, 6.07) is 8.78. The molecule has 0 amide bonds. The molecule has 1 heterocycles. The minimum atomic E-state index is -0.476. The van der Waals surface area contributed by atoms with Crippen LogP contribution in [0.3, 0.4) is 0 Å². The SMILES string of the molecule is CCOC1=C(C)C(=O)O/C1=C/C(=O)c1ccccc1. The number of ether oxygens (including phenoxy) is 2. The highest BCUT2D eigenvalue weighted by molar-refractivity contribution is 6.06. The van der Waals surface area contributed by atoms with E-state index in [1.165, 1.54) is 6.08 Å². The van der Waals surface area contributed by atoms with Gasteiger partial charge in [0.1, 0.15) is 0 Å². The van der Waals surface area contributed by atoms with Crippen molar-refractivity contribution in [2.45, 2.75) is 13.8 Å². The Bertz CT molecular complexity index is 567. The van der Waals surface area contributed by atoms with Crippen molar-refractivity contribution >= 4 is 11.8 Å². The van der Waals surface area contributed by atoms with Crippen LogP contribution in [0.2, 0.25) is 0 Å². The van der Waals surface area contributed by atoms with Crippen LogP contribution in [-0.4, -0.2) is 18.4 Å². The number of cyclic esters (lactones) is 1. The molecule has 4 nitrogen and oxygen atoms in total. The number of carbonyl (C=O) groups excluding carboxylic acids is 2. The molecule has 1 aromatic carbocycles. The molecular formula is C15H14O4. The van der Waals surface area contributed by atoms with Crippen molar-refractivity contribution in [1.82, 2.24) is 0 Å². The Morgan fingerprint density at radius 2 is 2.00 bits per heavy atom. The first-order valence-electron chi connectivity index (χ1n) is 6.00. The highest BCUT2D eigenvalue weighted by Gasteiger charge is 2.28. The highest BCUT2D eigenvalue weighted by Crippen LogP contribution is 2.27. The van der Waals surface area contributed by atoms with Crippen LogP contribution in [-0.2, 0) is 14.3 Å². The zero-order valence-electron chi connectivity index (χ0n) is 10.8. The lowest BCUT2D eigenvalue weighted by atomic mass is 10.1. The minimum absolute atomic E-state index is 0.179. The van der Waals surface area contributed by atoms with Crippen molar-refractivity contribution in [2.24, 2.45) is 0 Å². The second-order valence-electron chi connectivity index (χ2n) is 4.02. The lowest BCUT2D eigenvalue weighted by Gasteiger charge is -2.05. The smallest absolute Gasteiger partial charge is 0.343 e. The average molecular weight is 258 g/mol. The van der Waals surface area contributed by atoms with E-state index in [0.717, 1.165) is 0 Å². The van der Waals surface area contributed by atoms with Crippen LogP contribution in [0.5, 0.6) is 0 Å². The maximum absolute atomic E-state index is 12.0. The third-order valence-electron chi connectivity index (χ3n) is 2.68. The molecule has 0 radical (unpaired) electrons. The summed E-state index contributed by atoms with van der Waals surface area (Å²) >= 11 is 0. The summed E-state index contributed by atoms with van der Waals surface area (Å²) in [6.45, 7) is 3.82.